The Hall–Kier alpha value is -2.36. The molecule has 0 saturated heterocycles. The Labute approximate surface area is 130 Å². The molecule has 1 aliphatic rings. The number of hydrogen-bond donors (Lipinski definition) is 1. The zero-order valence-electron chi connectivity index (χ0n) is 12.7. The Kier molecular flexibility index (Phi) is 4.09. The van der Waals surface area contributed by atoms with Crippen LogP contribution in [0.4, 0.5) is 0 Å². The first-order valence-corrected chi connectivity index (χ1v) is 7.59. The van der Waals surface area contributed by atoms with Crippen LogP contribution in [0.3, 0.4) is 0 Å². The molecule has 2 aromatic rings. The number of allylic oxidation sites excluding steroid dienone is 2. The number of nitrogens with zero attached hydrogens (tertiary/aromatic N) is 1. The predicted octanol–water partition coefficient (Wildman–Crippen LogP) is 3.44. The highest BCUT2D eigenvalue weighted by Gasteiger charge is 2.43. The lowest BCUT2D eigenvalue weighted by Gasteiger charge is -2.32. The topological polar surface area (TPSA) is 55.0 Å². The number of esters is 1. The maximum absolute atomic E-state index is 12.8. The molecule has 0 amide bonds. The molecule has 1 aromatic heterocycles. The van der Waals surface area contributed by atoms with Crippen molar-refractivity contribution in [3.05, 3.63) is 65.5 Å². The number of carbonyl (C=O) groups excluding carboxylic acids is 1. The van der Waals surface area contributed by atoms with Crippen LogP contribution in [0.5, 0.6) is 0 Å². The highest BCUT2D eigenvalue weighted by atomic mass is 16.5. The van der Waals surface area contributed by atoms with E-state index in [1.165, 1.54) is 0 Å². The van der Waals surface area contributed by atoms with Crippen LogP contribution in [0.1, 0.15) is 36.1 Å². The molecule has 4 heteroatoms. The van der Waals surface area contributed by atoms with Crippen molar-refractivity contribution < 1.29 is 9.53 Å². The fraction of sp³-hybridized carbons (Fsp3) is 0.333. The summed E-state index contributed by atoms with van der Waals surface area (Å²) < 4.78 is 5.64. The molecule has 0 spiro atoms. The minimum atomic E-state index is -0.611. The smallest absolute Gasteiger partial charge is 0.317 e. The molecule has 0 saturated carbocycles. The van der Waals surface area contributed by atoms with Gasteiger partial charge in [-0.05, 0) is 31.7 Å². The number of hydrogen-bond acceptors (Lipinski definition) is 3. The standard InChI is InChI=1S/C18H20N2O2/c1-14-16(12-19-20-14)18(10-6-3-7-11-18)17(21)22-13-15-8-4-2-5-9-15/h2-6,8-9,12H,7,10-11,13H2,1H3,(H,19,20). The molecule has 4 nitrogen and oxygen atoms in total. The highest BCUT2D eigenvalue weighted by molar-refractivity contribution is 5.84. The van der Waals surface area contributed by atoms with Gasteiger partial charge in [0.25, 0.3) is 0 Å². The lowest BCUT2D eigenvalue weighted by molar-refractivity contribution is -0.152. The number of benzene rings is 1. The normalized spacial score (nSPS) is 20.8. The number of carbonyl (C=O) groups is 1. The molecule has 1 atom stereocenters. The van der Waals surface area contributed by atoms with Crippen LogP contribution >= 0.6 is 0 Å². The van der Waals surface area contributed by atoms with Gasteiger partial charge in [0.15, 0.2) is 0 Å². The van der Waals surface area contributed by atoms with Gasteiger partial charge in [-0.3, -0.25) is 9.89 Å². The average Bonchev–Trinajstić information content (AvgIpc) is 3.01. The molecule has 1 unspecified atom stereocenters. The van der Waals surface area contributed by atoms with E-state index in [1.54, 1.807) is 6.20 Å². The van der Waals surface area contributed by atoms with Crippen molar-refractivity contribution in [1.29, 1.82) is 0 Å². The third-order valence-corrected chi connectivity index (χ3v) is 4.32. The SMILES string of the molecule is Cc1[nH]ncc1C1(C(=O)OCc2ccccc2)CC=CCC1. The molecule has 0 aliphatic heterocycles. The van der Waals surface area contributed by atoms with Crippen LogP contribution in [-0.2, 0) is 21.6 Å². The zero-order chi connectivity index (χ0) is 15.4. The number of nitrogens with one attached hydrogen (secondary N) is 1. The van der Waals surface area contributed by atoms with Crippen molar-refractivity contribution >= 4 is 5.97 Å². The zero-order valence-corrected chi connectivity index (χ0v) is 12.7. The van der Waals surface area contributed by atoms with Crippen LogP contribution in [0, 0.1) is 6.92 Å². The first-order valence-electron chi connectivity index (χ1n) is 7.59. The Bertz CT molecular complexity index is 675. The first kappa shape index (κ1) is 14.6. The monoisotopic (exact) mass is 296 g/mol. The number of aromatic amines is 1. The Morgan fingerprint density at radius 1 is 1.32 bits per heavy atom. The van der Waals surface area contributed by atoms with Crippen LogP contribution in [0.15, 0.2) is 48.7 Å². The summed E-state index contributed by atoms with van der Waals surface area (Å²) in [7, 11) is 0. The number of ether oxygens (including phenoxy) is 1. The second-order valence-corrected chi connectivity index (χ2v) is 5.77. The molecule has 1 aliphatic carbocycles. The Morgan fingerprint density at radius 2 is 2.14 bits per heavy atom. The van der Waals surface area contributed by atoms with Crippen molar-refractivity contribution in [3.8, 4) is 0 Å². The summed E-state index contributed by atoms with van der Waals surface area (Å²) in [5, 5.41) is 7.02. The van der Waals surface area contributed by atoms with Crippen molar-refractivity contribution in [1.82, 2.24) is 10.2 Å². The van der Waals surface area contributed by atoms with Crippen LogP contribution in [0.25, 0.3) is 0 Å². The van der Waals surface area contributed by atoms with Crippen LogP contribution < -0.4 is 0 Å². The molecule has 0 radical (unpaired) electrons. The van der Waals surface area contributed by atoms with E-state index in [9.17, 15) is 4.79 Å². The van der Waals surface area contributed by atoms with Gasteiger partial charge in [-0.1, -0.05) is 42.5 Å². The van der Waals surface area contributed by atoms with E-state index in [0.29, 0.717) is 13.0 Å². The summed E-state index contributed by atoms with van der Waals surface area (Å²) in [6.45, 7) is 2.26. The van der Waals surface area contributed by atoms with E-state index < -0.39 is 5.41 Å². The average molecular weight is 296 g/mol. The molecule has 3 rings (SSSR count). The summed E-state index contributed by atoms with van der Waals surface area (Å²) >= 11 is 0. The van der Waals surface area contributed by atoms with Crippen molar-refractivity contribution in [2.24, 2.45) is 0 Å². The Morgan fingerprint density at radius 3 is 2.77 bits per heavy atom. The van der Waals surface area contributed by atoms with Gasteiger partial charge < -0.3 is 4.74 Å². The van der Waals surface area contributed by atoms with E-state index in [0.717, 1.165) is 29.7 Å². The first-order chi connectivity index (χ1) is 10.7. The summed E-state index contributed by atoms with van der Waals surface area (Å²) in [6.07, 6.45) is 8.26. The molecular weight excluding hydrogens is 276 g/mol. The molecule has 0 fully saturated rings. The van der Waals surface area contributed by atoms with E-state index >= 15 is 0 Å². The second kappa shape index (κ2) is 6.18. The van der Waals surface area contributed by atoms with E-state index in [1.807, 2.05) is 37.3 Å². The third kappa shape index (κ3) is 2.69. The Balaban J connectivity index is 1.82. The fourth-order valence-corrected chi connectivity index (χ4v) is 3.07. The molecule has 1 heterocycles. The van der Waals surface area contributed by atoms with Gasteiger partial charge in [0.05, 0.1) is 11.6 Å². The molecule has 114 valence electrons. The minimum absolute atomic E-state index is 0.162. The maximum atomic E-state index is 12.8. The van der Waals surface area contributed by atoms with Gasteiger partial charge >= 0.3 is 5.97 Å². The highest BCUT2D eigenvalue weighted by Crippen LogP contribution is 2.39. The lowest BCUT2D eigenvalue weighted by Crippen LogP contribution is -2.38. The van der Waals surface area contributed by atoms with E-state index in [4.69, 9.17) is 4.74 Å². The summed E-state index contributed by atoms with van der Waals surface area (Å²) in [5.41, 5.74) is 2.28. The molecule has 1 N–H and O–H groups in total. The van der Waals surface area contributed by atoms with Gasteiger partial charge in [-0.2, -0.15) is 5.10 Å². The number of rotatable bonds is 4. The van der Waals surface area contributed by atoms with Gasteiger partial charge in [0.1, 0.15) is 6.61 Å². The lowest BCUT2D eigenvalue weighted by atomic mass is 9.72. The van der Waals surface area contributed by atoms with Crippen molar-refractivity contribution in [2.45, 2.75) is 38.2 Å². The molecular formula is C18H20N2O2. The maximum Gasteiger partial charge on any atom is 0.317 e. The predicted molar refractivity (Wildman–Crippen MR) is 84.2 cm³/mol. The van der Waals surface area contributed by atoms with E-state index in [2.05, 4.69) is 22.3 Å². The third-order valence-electron chi connectivity index (χ3n) is 4.32. The minimum Gasteiger partial charge on any atom is -0.460 e. The second-order valence-electron chi connectivity index (χ2n) is 5.77. The fourth-order valence-electron chi connectivity index (χ4n) is 3.07. The van der Waals surface area contributed by atoms with Crippen molar-refractivity contribution in [3.63, 3.8) is 0 Å². The van der Waals surface area contributed by atoms with Gasteiger partial charge in [-0.15, -0.1) is 0 Å². The summed E-state index contributed by atoms with van der Waals surface area (Å²) in [4.78, 5) is 12.8. The largest absolute Gasteiger partial charge is 0.460 e. The van der Waals surface area contributed by atoms with Crippen molar-refractivity contribution in [2.75, 3.05) is 0 Å². The molecule has 22 heavy (non-hydrogen) atoms. The quantitative estimate of drug-likeness (QED) is 0.694. The molecule has 1 aromatic carbocycles. The summed E-state index contributed by atoms with van der Waals surface area (Å²) in [5.74, 6) is -0.162. The van der Waals surface area contributed by atoms with Gasteiger partial charge in [-0.25, -0.2) is 0 Å². The van der Waals surface area contributed by atoms with Crippen LogP contribution in [0.2, 0.25) is 0 Å². The van der Waals surface area contributed by atoms with E-state index in [-0.39, 0.29) is 5.97 Å². The number of aryl methyl sites for hydroxylation is 1. The number of H-pyrrole nitrogens is 1. The molecule has 0 bridgehead atoms. The van der Waals surface area contributed by atoms with Gasteiger partial charge in [0.2, 0.25) is 0 Å². The van der Waals surface area contributed by atoms with Gasteiger partial charge in [0, 0.05) is 11.3 Å². The van der Waals surface area contributed by atoms with Crippen LogP contribution in [-0.4, -0.2) is 16.2 Å². The number of aromatic nitrogens is 2. The summed E-state index contributed by atoms with van der Waals surface area (Å²) in [6, 6.07) is 9.77.